The summed E-state index contributed by atoms with van der Waals surface area (Å²) in [6.07, 6.45) is 3.92. The second-order valence-electron chi connectivity index (χ2n) is 6.12. The van der Waals surface area contributed by atoms with E-state index in [9.17, 15) is 4.39 Å². The lowest BCUT2D eigenvalue weighted by molar-refractivity contribution is 0.498. The van der Waals surface area contributed by atoms with E-state index in [4.69, 9.17) is 10.7 Å². The number of halogens is 1. The van der Waals surface area contributed by atoms with Gasteiger partial charge in [-0.3, -0.25) is 0 Å². The summed E-state index contributed by atoms with van der Waals surface area (Å²) in [5.74, 6) is 1.37. The normalized spacial score (nSPS) is 15.9. The number of aryl methyl sites for hydroxylation is 1. The third-order valence-electron chi connectivity index (χ3n) is 4.24. The summed E-state index contributed by atoms with van der Waals surface area (Å²) in [4.78, 5) is 11.6. The Morgan fingerprint density at radius 2 is 1.87 bits per heavy atom. The summed E-state index contributed by atoms with van der Waals surface area (Å²) in [6, 6.07) is 8.73. The lowest BCUT2D eigenvalue weighted by Gasteiger charge is -2.31. The zero-order valence-corrected chi connectivity index (χ0v) is 13.5. The molecule has 4 nitrogen and oxygen atoms in total. The highest BCUT2D eigenvalue weighted by Gasteiger charge is 2.19. The Balaban J connectivity index is 1.94. The second kappa shape index (κ2) is 7.04. The van der Waals surface area contributed by atoms with Gasteiger partial charge in [-0.25, -0.2) is 14.4 Å². The molecule has 1 aromatic carbocycles. The van der Waals surface area contributed by atoms with Crippen molar-refractivity contribution in [2.45, 2.75) is 38.6 Å². The number of aromatic nitrogens is 2. The van der Waals surface area contributed by atoms with Crippen LogP contribution < -0.4 is 10.6 Å². The van der Waals surface area contributed by atoms with Crippen LogP contribution in [-0.2, 0) is 6.42 Å². The molecule has 0 unspecified atom stereocenters. The average Bonchev–Trinajstić information content (AvgIpc) is 2.56. The van der Waals surface area contributed by atoms with E-state index in [1.54, 1.807) is 12.1 Å². The first-order valence-electron chi connectivity index (χ1n) is 8.30. The monoisotopic (exact) mass is 314 g/mol. The summed E-state index contributed by atoms with van der Waals surface area (Å²) >= 11 is 0. The number of benzene rings is 1. The van der Waals surface area contributed by atoms with E-state index < -0.39 is 0 Å². The zero-order valence-electron chi connectivity index (χ0n) is 13.5. The quantitative estimate of drug-likeness (QED) is 0.942. The molecule has 0 radical (unpaired) electrons. The zero-order chi connectivity index (χ0) is 16.2. The Kier molecular flexibility index (Phi) is 4.86. The maximum absolute atomic E-state index is 13.1. The molecule has 2 heterocycles. The molecular weight excluding hydrogens is 291 g/mol. The molecule has 0 atom stereocenters. The summed E-state index contributed by atoms with van der Waals surface area (Å²) in [5, 5.41) is 0. The van der Waals surface area contributed by atoms with E-state index in [-0.39, 0.29) is 5.82 Å². The Bertz CT molecular complexity index is 649. The van der Waals surface area contributed by atoms with E-state index in [1.165, 1.54) is 12.1 Å². The number of anilines is 1. The molecule has 5 heteroatoms. The molecule has 122 valence electrons. The number of nitrogens with zero attached hydrogens (tertiary/aromatic N) is 3. The number of rotatable bonds is 4. The predicted molar refractivity (Wildman–Crippen MR) is 90.8 cm³/mol. The summed E-state index contributed by atoms with van der Waals surface area (Å²) in [5.41, 5.74) is 7.87. The first-order chi connectivity index (χ1) is 11.2. The van der Waals surface area contributed by atoms with Crippen LogP contribution in [0.1, 0.15) is 31.9 Å². The lowest BCUT2D eigenvalue weighted by atomic mass is 10.1. The fourth-order valence-electron chi connectivity index (χ4n) is 2.89. The number of piperidine rings is 1. The van der Waals surface area contributed by atoms with Crippen molar-refractivity contribution in [2.24, 2.45) is 5.73 Å². The van der Waals surface area contributed by atoms with Gasteiger partial charge < -0.3 is 10.6 Å². The largest absolute Gasteiger partial charge is 0.356 e. The van der Waals surface area contributed by atoms with E-state index in [2.05, 4.69) is 22.9 Å². The van der Waals surface area contributed by atoms with Crippen LogP contribution in [-0.4, -0.2) is 29.1 Å². The molecular formula is C18H23FN4. The van der Waals surface area contributed by atoms with Gasteiger partial charge in [0.1, 0.15) is 11.6 Å². The van der Waals surface area contributed by atoms with Crippen molar-refractivity contribution in [1.29, 1.82) is 0 Å². The molecule has 1 aromatic heterocycles. The van der Waals surface area contributed by atoms with Gasteiger partial charge in [0.25, 0.3) is 0 Å². The van der Waals surface area contributed by atoms with Gasteiger partial charge in [-0.15, -0.1) is 0 Å². The molecule has 0 bridgehead atoms. The average molecular weight is 314 g/mol. The topological polar surface area (TPSA) is 55.0 Å². The SMILES string of the molecule is CCCc1cc(N2CCC(N)CC2)nc(-c2ccc(F)cc2)n1. The van der Waals surface area contributed by atoms with Crippen molar-refractivity contribution in [2.75, 3.05) is 18.0 Å². The maximum Gasteiger partial charge on any atom is 0.161 e. The molecule has 1 aliphatic heterocycles. The van der Waals surface area contributed by atoms with Crippen molar-refractivity contribution >= 4 is 5.82 Å². The van der Waals surface area contributed by atoms with Crippen molar-refractivity contribution < 1.29 is 4.39 Å². The molecule has 0 saturated carbocycles. The molecule has 2 aromatic rings. The van der Waals surface area contributed by atoms with Crippen LogP contribution in [0.3, 0.4) is 0 Å². The van der Waals surface area contributed by atoms with Gasteiger partial charge in [-0.1, -0.05) is 13.3 Å². The molecule has 0 aliphatic carbocycles. The van der Waals surface area contributed by atoms with Gasteiger partial charge in [0, 0.05) is 36.5 Å². The van der Waals surface area contributed by atoms with Gasteiger partial charge >= 0.3 is 0 Å². The fourth-order valence-corrected chi connectivity index (χ4v) is 2.89. The van der Waals surface area contributed by atoms with Crippen LogP contribution in [0.25, 0.3) is 11.4 Å². The Morgan fingerprint density at radius 1 is 1.17 bits per heavy atom. The highest BCUT2D eigenvalue weighted by Crippen LogP contribution is 2.23. The van der Waals surface area contributed by atoms with Crippen molar-refractivity contribution in [3.63, 3.8) is 0 Å². The van der Waals surface area contributed by atoms with Crippen LogP contribution in [0.4, 0.5) is 10.2 Å². The van der Waals surface area contributed by atoms with Crippen LogP contribution in [0.5, 0.6) is 0 Å². The van der Waals surface area contributed by atoms with Crippen molar-refractivity contribution in [1.82, 2.24) is 9.97 Å². The first kappa shape index (κ1) is 15.9. The molecule has 0 spiro atoms. The van der Waals surface area contributed by atoms with E-state index in [0.29, 0.717) is 11.9 Å². The van der Waals surface area contributed by atoms with Crippen molar-refractivity contribution in [3.05, 3.63) is 41.8 Å². The Hall–Kier alpha value is -2.01. The lowest BCUT2D eigenvalue weighted by Crippen LogP contribution is -2.40. The van der Waals surface area contributed by atoms with Crippen LogP contribution in [0.15, 0.2) is 30.3 Å². The highest BCUT2D eigenvalue weighted by atomic mass is 19.1. The predicted octanol–water partition coefficient (Wildman–Crippen LogP) is 3.16. The molecule has 1 aliphatic rings. The van der Waals surface area contributed by atoms with E-state index in [1.807, 2.05) is 0 Å². The van der Waals surface area contributed by atoms with E-state index >= 15 is 0 Å². The Labute approximate surface area is 136 Å². The van der Waals surface area contributed by atoms with Crippen molar-refractivity contribution in [3.8, 4) is 11.4 Å². The van der Waals surface area contributed by atoms with Gasteiger partial charge in [-0.05, 0) is 43.5 Å². The molecule has 1 saturated heterocycles. The van der Waals surface area contributed by atoms with Gasteiger partial charge in [0.2, 0.25) is 0 Å². The number of hydrogen-bond donors (Lipinski definition) is 1. The molecule has 2 N–H and O–H groups in total. The van der Waals surface area contributed by atoms with Gasteiger partial charge in [0.05, 0.1) is 0 Å². The van der Waals surface area contributed by atoms with Crippen LogP contribution in [0.2, 0.25) is 0 Å². The summed E-state index contributed by atoms with van der Waals surface area (Å²) in [7, 11) is 0. The molecule has 1 fully saturated rings. The third kappa shape index (κ3) is 3.85. The summed E-state index contributed by atoms with van der Waals surface area (Å²) < 4.78 is 13.1. The number of nitrogens with two attached hydrogens (primary N) is 1. The minimum absolute atomic E-state index is 0.247. The summed E-state index contributed by atoms with van der Waals surface area (Å²) in [6.45, 7) is 3.98. The minimum atomic E-state index is -0.247. The first-order valence-corrected chi connectivity index (χ1v) is 8.30. The van der Waals surface area contributed by atoms with Gasteiger partial charge in [0.15, 0.2) is 5.82 Å². The molecule has 0 amide bonds. The number of hydrogen-bond acceptors (Lipinski definition) is 4. The molecule has 23 heavy (non-hydrogen) atoms. The smallest absolute Gasteiger partial charge is 0.161 e. The standard InChI is InChI=1S/C18H23FN4/c1-2-3-16-12-17(23-10-8-15(20)9-11-23)22-18(21-16)13-4-6-14(19)7-5-13/h4-7,12,15H,2-3,8-11,20H2,1H3. The highest BCUT2D eigenvalue weighted by molar-refractivity contribution is 5.58. The van der Waals surface area contributed by atoms with Crippen LogP contribution in [0, 0.1) is 5.82 Å². The van der Waals surface area contributed by atoms with Gasteiger partial charge in [-0.2, -0.15) is 0 Å². The maximum atomic E-state index is 13.1. The van der Waals surface area contributed by atoms with E-state index in [0.717, 1.165) is 55.8 Å². The second-order valence-corrected chi connectivity index (χ2v) is 6.12. The molecule has 3 rings (SSSR count). The van der Waals surface area contributed by atoms with Crippen LogP contribution >= 0.6 is 0 Å². The minimum Gasteiger partial charge on any atom is -0.356 e. The Morgan fingerprint density at radius 3 is 2.52 bits per heavy atom. The fraction of sp³-hybridized carbons (Fsp3) is 0.444. The third-order valence-corrected chi connectivity index (χ3v) is 4.24.